The number of halogens is 10. The Bertz CT molecular complexity index is 915. The van der Waals surface area contributed by atoms with Crippen LogP contribution >= 0.6 is 0 Å². The molecule has 19 heteroatoms. The smallest absolute Gasteiger partial charge is 0.466 e. The van der Waals surface area contributed by atoms with Gasteiger partial charge in [-0.1, -0.05) is 12.7 Å². The van der Waals surface area contributed by atoms with Crippen LogP contribution in [0.4, 0.5) is 43.9 Å². The standard InChI is InChI=1S/C16H17F10NO7S/c1-3-7-27-11(29)13(15(22,23)24,34-10(28)9(2)14(19,20)21)33-8-5-4-6-12(17,18)16(25,26)35(30,31)32/h3H,1-2,4-8H2,(H,27,29)(H,30,31,32)/p-1. The molecule has 0 spiro atoms. The van der Waals surface area contributed by atoms with Crippen LogP contribution in [0.5, 0.6) is 0 Å². The van der Waals surface area contributed by atoms with E-state index in [0.717, 1.165) is 6.08 Å². The summed E-state index contributed by atoms with van der Waals surface area (Å²) in [6.45, 7) is 2.97. The van der Waals surface area contributed by atoms with Gasteiger partial charge in [-0.15, -0.1) is 6.58 Å². The van der Waals surface area contributed by atoms with E-state index in [-0.39, 0.29) is 0 Å². The summed E-state index contributed by atoms with van der Waals surface area (Å²) in [5.41, 5.74) is -2.48. The summed E-state index contributed by atoms with van der Waals surface area (Å²) in [6.07, 6.45) is -15.3. The summed E-state index contributed by atoms with van der Waals surface area (Å²) in [5.74, 6) is -15.4. The number of carbonyl (C=O) groups excluding carboxylic acids is 2. The second-order valence-electron chi connectivity index (χ2n) is 6.46. The van der Waals surface area contributed by atoms with Crippen molar-refractivity contribution in [2.24, 2.45) is 0 Å². The molecule has 1 N–H and O–H groups in total. The molecular formula is C16H16F10NO7S-. The Balaban J connectivity index is 5.76. The molecule has 0 aliphatic heterocycles. The maximum absolute atomic E-state index is 13.6. The van der Waals surface area contributed by atoms with Crippen molar-refractivity contribution < 1.29 is 75.9 Å². The van der Waals surface area contributed by atoms with Gasteiger partial charge in [-0.3, -0.25) is 4.79 Å². The van der Waals surface area contributed by atoms with Crippen LogP contribution in [0, 0.1) is 0 Å². The third-order valence-corrected chi connectivity index (χ3v) is 4.76. The Hall–Kier alpha value is -2.41. The van der Waals surface area contributed by atoms with E-state index in [0.29, 0.717) is 0 Å². The number of rotatable bonds is 13. The van der Waals surface area contributed by atoms with Gasteiger partial charge in [0.2, 0.25) is 0 Å². The predicted molar refractivity (Wildman–Crippen MR) is 92.7 cm³/mol. The summed E-state index contributed by atoms with van der Waals surface area (Å²) in [5, 5.41) is -4.62. The fourth-order valence-corrected chi connectivity index (χ4v) is 2.46. The van der Waals surface area contributed by atoms with Crippen molar-refractivity contribution >= 4 is 22.0 Å². The molecule has 0 rings (SSSR count). The van der Waals surface area contributed by atoms with Crippen molar-refractivity contribution in [1.82, 2.24) is 5.32 Å². The molecule has 1 amide bonds. The van der Waals surface area contributed by atoms with E-state index in [1.165, 1.54) is 5.32 Å². The van der Waals surface area contributed by atoms with Crippen LogP contribution in [0.2, 0.25) is 0 Å². The average Bonchev–Trinajstić information content (AvgIpc) is 2.67. The molecule has 35 heavy (non-hydrogen) atoms. The number of carbonyl (C=O) groups is 2. The molecule has 8 nitrogen and oxygen atoms in total. The Labute approximate surface area is 190 Å². The van der Waals surface area contributed by atoms with Crippen LogP contribution in [0.15, 0.2) is 24.8 Å². The first-order valence-corrected chi connectivity index (χ1v) is 10.2. The molecule has 204 valence electrons. The molecule has 0 bridgehead atoms. The Kier molecular flexibility index (Phi) is 10.3. The molecule has 0 radical (unpaired) electrons. The van der Waals surface area contributed by atoms with Crippen molar-refractivity contribution in [3.63, 3.8) is 0 Å². The number of esters is 1. The molecule has 0 aromatic heterocycles. The number of hydrogen-bond donors (Lipinski definition) is 1. The topological polar surface area (TPSA) is 122 Å². The minimum Gasteiger partial charge on any atom is -0.743 e. The summed E-state index contributed by atoms with van der Waals surface area (Å²) < 4.78 is 170. The number of ether oxygens (including phenoxy) is 2. The number of hydrogen-bond acceptors (Lipinski definition) is 7. The van der Waals surface area contributed by atoms with E-state index in [1.807, 2.05) is 0 Å². The molecule has 0 aliphatic carbocycles. The van der Waals surface area contributed by atoms with E-state index in [1.54, 1.807) is 0 Å². The van der Waals surface area contributed by atoms with E-state index >= 15 is 0 Å². The number of alkyl halides is 10. The predicted octanol–water partition coefficient (Wildman–Crippen LogP) is 3.17. The van der Waals surface area contributed by atoms with Gasteiger partial charge in [-0.25, -0.2) is 13.2 Å². The summed E-state index contributed by atoms with van der Waals surface area (Å²) in [4.78, 5) is 23.6. The van der Waals surface area contributed by atoms with Crippen molar-refractivity contribution in [2.75, 3.05) is 13.2 Å². The fourth-order valence-electron chi connectivity index (χ4n) is 1.99. The van der Waals surface area contributed by atoms with Gasteiger partial charge in [0.1, 0.15) is 5.57 Å². The highest BCUT2D eigenvalue weighted by Crippen LogP contribution is 2.42. The van der Waals surface area contributed by atoms with Gasteiger partial charge in [0.15, 0.2) is 10.1 Å². The molecule has 0 aromatic carbocycles. The largest absolute Gasteiger partial charge is 0.743 e. The number of amides is 1. The van der Waals surface area contributed by atoms with Crippen LogP contribution in [-0.2, 0) is 29.2 Å². The van der Waals surface area contributed by atoms with E-state index in [9.17, 15) is 66.5 Å². The van der Waals surface area contributed by atoms with Crippen molar-refractivity contribution in [3.8, 4) is 0 Å². The second-order valence-corrected chi connectivity index (χ2v) is 7.88. The van der Waals surface area contributed by atoms with Crippen molar-refractivity contribution in [1.29, 1.82) is 0 Å². The highest BCUT2D eigenvalue weighted by atomic mass is 32.2. The Morgan fingerprint density at radius 3 is 1.89 bits per heavy atom. The summed E-state index contributed by atoms with van der Waals surface area (Å²) in [7, 11) is -6.83. The van der Waals surface area contributed by atoms with Crippen LogP contribution in [-0.4, -0.2) is 67.3 Å². The Morgan fingerprint density at radius 2 is 1.49 bits per heavy atom. The van der Waals surface area contributed by atoms with Gasteiger partial charge in [0.25, 0.3) is 0 Å². The minimum absolute atomic E-state index is 0.747. The normalized spacial score (nSPS) is 15.2. The van der Waals surface area contributed by atoms with Crippen LogP contribution < -0.4 is 5.32 Å². The van der Waals surface area contributed by atoms with E-state index in [4.69, 9.17) is 0 Å². The highest BCUT2D eigenvalue weighted by Gasteiger charge is 2.67. The van der Waals surface area contributed by atoms with Crippen LogP contribution in [0.1, 0.15) is 19.3 Å². The third kappa shape index (κ3) is 7.79. The highest BCUT2D eigenvalue weighted by molar-refractivity contribution is 7.86. The van der Waals surface area contributed by atoms with E-state index in [2.05, 4.69) is 22.6 Å². The zero-order valence-electron chi connectivity index (χ0n) is 17.1. The van der Waals surface area contributed by atoms with Crippen molar-refractivity contribution in [3.05, 3.63) is 24.8 Å². The first-order valence-electron chi connectivity index (χ1n) is 8.78. The van der Waals surface area contributed by atoms with Gasteiger partial charge < -0.3 is 19.3 Å². The van der Waals surface area contributed by atoms with Gasteiger partial charge in [0.05, 0.1) is 6.61 Å². The lowest BCUT2D eigenvalue weighted by Gasteiger charge is -2.33. The van der Waals surface area contributed by atoms with Crippen LogP contribution in [0.25, 0.3) is 0 Å². The third-order valence-electron chi connectivity index (χ3n) is 3.83. The summed E-state index contributed by atoms with van der Waals surface area (Å²) in [6, 6.07) is 0. The molecule has 1 unspecified atom stereocenters. The molecule has 1 atom stereocenters. The lowest BCUT2D eigenvalue weighted by Crippen LogP contribution is -2.62. The molecule has 0 aliphatic rings. The summed E-state index contributed by atoms with van der Waals surface area (Å²) >= 11 is 0. The first-order chi connectivity index (χ1) is 15.5. The molecule has 0 saturated carbocycles. The lowest BCUT2D eigenvalue weighted by molar-refractivity contribution is -0.347. The monoisotopic (exact) mass is 556 g/mol. The van der Waals surface area contributed by atoms with Gasteiger partial charge >= 0.3 is 41.2 Å². The zero-order chi connectivity index (χ0) is 28.1. The molecule has 0 heterocycles. The van der Waals surface area contributed by atoms with Crippen LogP contribution in [0.3, 0.4) is 0 Å². The van der Waals surface area contributed by atoms with Crippen molar-refractivity contribution in [2.45, 2.75) is 48.6 Å². The Morgan fingerprint density at radius 1 is 0.971 bits per heavy atom. The fraction of sp³-hybridized carbons (Fsp3) is 0.625. The quantitative estimate of drug-likeness (QED) is 0.0704. The maximum atomic E-state index is 13.6. The van der Waals surface area contributed by atoms with Gasteiger partial charge in [-0.2, -0.15) is 43.9 Å². The minimum atomic E-state index is -6.83. The molecular weight excluding hydrogens is 540 g/mol. The molecule has 0 fully saturated rings. The first kappa shape index (κ1) is 32.6. The number of unbranched alkanes of at least 4 members (excludes halogenated alkanes) is 1. The lowest BCUT2D eigenvalue weighted by atomic mass is 10.1. The number of nitrogens with one attached hydrogen (secondary N) is 1. The molecule has 0 aromatic rings. The van der Waals surface area contributed by atoms with Gasteiger partial charge in [0, 0.05) is 13.0 Å². The maximum Gasteiger partial charge on any atom is 0.466 e. The molecule has 0 saturated heterocycles. The van der Waals surface area contributed by atoms with Gasteiger partial charge in [-0.05, 0) is 12.8 Å². The SMILES string of the molecule is C=CCNC(=O)C(OCCCCC(F)(F)C(F)(F)S(=O)(=O)[O-])(OC(=O)C(=C)C(F)(F)F)C(F)(F)F. The van der Waals surface area contributed by atoms with E-state index < -0.39 is 89.3 Å². The average molecular weight is 556 g/mol. The zero-order valence-corrected chi connectivity index (χ0v) is 17.9. The second kappa shape index (κ2) is 11.1.